The van der Waals surface area contributed by atoms with Crippen molar-refractivity contribution >= 4 is 29.4 Å². The number of carboxylic acids is 1. The predicted octanol–water partition coefficient (Wildman–Crippen LogP) is 0.910. The van der Waals surface area contributed by atoms with E-state index in [1.165, 1.54) is 29.2 Å². The fraction of sp³-hybridized carbons (Fsp3) is 0.474. The molecule has 1 aliphatic heterocycles. The Morgan fingerprint density at radius 3 is 2.50 bits per heavy atom. The molecule has 0 spiro atoms. The molecule has 1 fully saturated rings. The Kier molecular flexibility index (Phi) is 7.08. The van der Waals surface area contributed by atoms with Crippen LogP contribution >= 0.6 is 0 Å². The molecule has 152 valence electrons. The number of halogens is 1. The molecule has 1 aliphatic rings. The maximum absolute atomic E-state index is 13.1. The van der Waals surface area contributed by atoms with Gasteiger partial charge >= 0.3 is 5.97 Å². The lowest BCUT2D eigenvalue weighted by Crippen LogP contribution is -2.52. The standard InChI is InChI=1S/C19H24FN3O5/c1-3-11(2)17(19(28)21-9-16(25)26)22-18(27)12-8-15(24)23(10-12)14-6-4-13(20)5-7-14/h4-7,11-12,17H,3,8-10H2,1-2H3,(H,21,28)(H,22,27)(H,25,26)/t11-,12+,17+/m1/s1. The molecule has 0 aromatic heterocycles. The molecule has 3 amide bonds. The lowest BCUT2D eigenvalue weighted by molar-refractivity contribution is -0.138. The van der Waals surface area contributed by atoms with Gasteiger partial charge in [0.25, 0.3) is 0 Å². The zero-order valence-electron chi connectivity index (χ0n) is 15.8. The number of hydrogen-bond donors (Lipinski definition) is 3. The fourth-order valence-corrected chi connectivity index (χ4v) is 3.00. The number of anilines is 1. The molecule has 0 bridgehead atoms. The van der Waals surface area contributed by atoms with E-state index in [0.29, 0.717) is 12.1 Å². The highest BCUT2D eigenvalue weighted by molar-refractivity contribution is 6.01. The Morgan fingerprint density at radius 2 is 1.93 bits per heavy atom. The molecule has 3 atom stereocenters. The second kappa shape index (κ2) is 9.29. The largest absolute Gasteiger partial charge is 0.480 e. The van der Waals surface area contributed by atoms with E-state index in [-0.39, 0.29) is 24.8 Å². The molecule has 0 unspecified atom stereocenters. The number of carboxylic acid groups (broad SMARTS) is 1. The molecule has 0 saturated carbocycles. The maximum Gasteiger partial charge on any atom is 0.322 e. The van der Waals surface area contributed by atoms with Crippen LogP contribution in [0.4, 0.5) is 10.1 Å². The minimum absolute atomic E-state index is 0.0207. The normalized spacial score (nSPS) is 18.5. The third-order valence-electron chi connectivity index (χ3n) is 4.84. The molecule has 0 radical (unpaired) electrons. The van der Waals surface area contributed by atoms with Crippen LogP contribution in [-0.2, 0) is 19.2 Å². The van der Waals surface area contributed by atoms with E-state index in [2.05, 4.69) is 10.6 Å². The molecule has 28 heavy (non-hydrogen) atoms. The number of carbonyl (C=O) groups is 4. The van der Waals surface area contributed by atoms with Crippen molar-refractivity contribution in [3.8, 4) is 0 Å². The minimum Gasteiger partial charge on any atom is -0.480 e. The van der Waals surface area contributed by atoms with Gasteiger partial charge in [0.05, 0.1) is 5.92 Å². The van der Waals surface area contributed by atoms with Crippen molar-refractivity contribution < 1.29 is 28.7 Å². The summed E-state index contributed by atoms with van der Waals surface area (Å²) >= 11 is 0. The summed E-state index contributed by atoms with van der Waals surface area (Å²) in [5.74, 6) is -3.77. The van der Waals surface area contributed by atoms with Gasteiger partial charge in [-0.1, -0.05) is 20.3 Å². The van der Waals surface area contributed by atoms with Crippen molar-refractivity contribution in [3.05, 3.63) is 30.1 Å². The highest BCUT2D eigenvalue weighted by Gasteiger charge is 2.37. The van der Waals surface area contributed by atoms with Gasteiger partial charge in [0.1, 0.15) is 18.4 Å². The first-order chi connectivity index (χ1) is 13.2. The van der Waals surface area contributed by atoms with Crippen molar-refractivity contribution in [1.29, 1.82) is 0 Å². The molecule has 3 N–H and O–H groups in total. The Balaban J connectivity index is 2.04. The maximum atomic E-state index is 13.1. The number of carbonyl (C=O) groups excluding carboxylic acids is 3. The number of nitrogens with zero attached hydrogens (tertiary/aromatic N) is 1. The summed E-state index contributed by atoms with van der Waals surface area (Å²) in [6.45, 7) is 3.21. The van der Waals surface area contributed by atoms with Gasteiger partial charge in [-0.05, 0) is 30.2 Å². The molecule has 9 heteroatoms. The lowest BCUT2D eigenvalue weighted by Gasteiger charge is -2.24. The second-order valence-corrected chi connectivity index (χ2v) is 6.87. The summed E-state index contributed by atoms with van der Waals surface area (Å²) in [6.07, 6.45) is 0.573. The number of amides is 3. The predicted molar refractivity (Wildman–Crippen MR) is 98.9 cm³/mol. The first-order valence-corrected chi connectivity index (χ1v) is 9.08. The quantitative estimate of drug-likeness (QED) is 0.607. The van der Waals surface area contributed by atoms with E-state index in [4.69, 9.17) is 5.11 Å². The molecular weight excluding hydrogens is 369 g/mol. The molecule has 0 aliphatic carbocycles. The average molecular weight is 393 g/mol. The van der Waals surface area contributed by atoms with Gasteiger partial charge in [0.15, 0.2) is 0 Å². The molecule has 1 aromatic rings. The van der Waals surface area contributed by atoms with Crippen molar-refractivity contribution in [1.82, 2.24) is 10.6 Å². The van der Waals surface area contributed by atoms with Crippen LogP contribution in [0.5, 0.6) is 0 Å². The minimum atomic E-state index is -1.18. The van der Waals surface area contributed by atoms with Crippen molar-refractivity contribution in [2.45, 2.75) is 32.7 Å². The van der Waals surface area contributed by atoms with Gasteiger partial charge in [-0.3, -0.25) is 19.2 Å². The van der Waals surface area contributed by atoms with Crippen molar-refractivity contribution in [2.24, 2.45) is 11.8 Å². The first-order valence-electron chi connectivity index (χ1n) is 9.08. The smallest absolute Gasteiger partial charge is 0.322 e. The van der Waals surface area contributed by atoms with E-state index in [1.807, 2.05) is 6.92 Å². The number of aliphatic carboxylic acids is 1. The van der Waals surface area contributed by atoms with Crippen LogP contribution < -0.4 is 15.5 Å². The van der Waals surface area contributed by atoms with Gasteiger partial charge in [-0.2, -0.15) is 0 Å². The number of nitrogens with one attached hydrogen (secondary N) is 2. The Bertz CT molecular complexity index is 752. The topological polar surface area (TPSA) is 116 Å². The summed E-state index contributed by atoms with van der Waals surface area (Å²) < 4.78 is 13.1. The lowest BCUT2D eigenvalue weighted by atomic mass is 9.97. The van der Waals surface area contributed by atoms with Crippen LogP contribution in [-0.4, -0.2) is 47.9 Å². The summed E-state index contributed by atoms with van der Waals surface area (Å²) in [7, 11) is 0. The SMILES string of the molecule is CC[C@@H](C)[C@H](NC(=O)[C@H]1CC(=O)N(c2ccc(F)cc2)C1)C(=O)NCC(=O)O. The summed E-state index contributed by atoms with van der Waals surface area (Å²) in [6, 6.07) is 4.51. The van der Waals surface area contributed by atoms with E-state index < -0.39 is 42.1 Å². The van der Waals surface area contributed by atoms with Crippen LogP contribution in [0.3, 0.4) is 0 Å². The van der Waals surface area contributed by atoms with Crippen LogP contribution in [0.25, 0.3) is 0 Å². The fourth-order valence-electron chi connectivity index (χ4n) is 3.00. The van der Waals surface area contributed by atoms with Crippen molar-refractivity contribution in [2.75, 3.05) is 18.0 Å². The monoisotopic (exact) mass is 393 g/mol. The molecule has 1 heterocycles. The van der Waals surface area contributed by atoms with Gasteiger partial charge in [-0.25, -0.2) is 4.39 Å². The molecular formula is C19H24FN3O5. The molecule has 8 nitrogen and oxygen atoms in total. The second-order valence-electron chi connectivity index (χ2n) is 6.87. The van der Waals surface area contributed by atoms with Gasteiger partial charge in [0, 0.05) is 18.7 Å². The van der Waals surface area contributed by atoms with E-state index in [9.17, 15) is 23.6 Å². The Labute approximate surface area is 162 Å². The van der Waals surface area contributed by atoms with E-state index in [1.54, 1.807) is 6.92 Å². The van der Waals surface area contributed by atoms with E-state index >= 15 is 0 Å². The number of hydrogen-bond acceptors (Lipinski definition) is 4. The molecule has 1 aromatic carbocycles. The third-order valence-corrected chi connectivity index (χ3v) is 4.84. The summed E-state index contributed by atoms with van der Waals surface area (Å²) in [5, 5.41) is 13.6. The van der Waals surface area contributed by atoms with Crippen LogP contribution in [0.2, 0.25) is 0 Å². The summed E-state index contributed by atoms with van der Waals surface area (Å²) in [4.78, 5) is 49.3. The molecule has 1 saturated heterocycles. The van der Waals surface area contributed by atoms with E-state index in [0.717, 1.165) is 0 Å². The number of benzene rings is 1. The van der Waals surface area contributed by atoms with Gasteiger partial charge < -0.3 is 20.6 Å². The third kappa shape index (κ3) is 5.28. The zero-order chi connectivity index (χ0) is 20.8. The van der Waals surface area contributed by atoms with Crippen LogP contribution in [0, 0.1) is 17.7 Å². The van der Waals surface area contributed by atoms with Gasteiger partial charge in [0.2, 0.25) is 17.7 Å². The van der Waals surface area contributed by atoms with Crippen LogP contribution in [0.1, 0.15) is 26.7 Å². The summed E-state index contributed by atoms with van der Waals surface area (Å²) in [5.41, 5.74) is 0.499. The Hall–Kier alpha value is -2.97. The average Bonchev–Trinajstić information content (AvgIpc) is 3.05. The van der Waals surface area contributed by atoms with Crippen LogP contribution in [0.15, 0.2) is 24.3 Å². The molecule has 2 rings (SSSR count). The van der Waals surface area contributed by atoms with Gasteiger partial charge in [-0.15, -0.1) is 0 Å². The first kappa shape index (κ1) is 21.3. The Morgan fingerprint density at radius 1 is 1.29 bits per heavy atom. The van der Waals surface area contributed by atoms with Crippen molar-refractivity contribution in [3.63, 3.8) is 0 Å². The number of rotatable bonds is 8. The zero-order valence-corrected chi connectivity index (χ0v) is 15.8. The highest BCUT2D eigenvalue weighted by Crippen LogP contribution is 2.25. The highest BCUT2D eigenvalue weighted by atomic mass is 19.1.